The van der Waals surface area contributed by atoms with Crippen LogP contribution in [0.3, 0.4) is 0 Å². The summed E-state index contributed by atoms with van der Waals surface area (Å²) >= 11 is 0. The molecule has 2 aliphatic rings. The number of halogens is 6. The summed E-state index contributed by atoms with van der Waals surface area (Å²) in [5, 5.41) is 6.92. The van der Waals surface area contributed by atoms with Crippen LogP contribution in [0.2, 0.25) is 0 Å². The zero-order valence-electron chi connectivity index (χ0n) is 20.0. The van der Waals surface area contributed by atoms with Gasteiger partial charge in [0.1, 0.15) is 18.1 Å². The largest absolute Gasteiger partial charge is 0.419 e. The number of ether oxygens (including phenoxy) is 1. The number of fused-ring (bicyclic) bond motifs is 3. The molecule has 1 aromatic carbocycles. The van der Waals surface area contributed by atoms with E-state index in [9.17, 15) is 35.9 Å². The number of anilines is 1. The number of rotatable bonds is 5. The molecule has 3 heterocycles. The molecule has 0 aliphatic carbocycles. The molecule has 202 valence electrons. The minimum atomic E-state index is -4.93. The Balaban J connectivity index is 1.55. The van der Waals surface area contributed by atoms with Crippen LogP contribution in [0.25, 0.3) is 0 Å². The van der Waals surface area contributed by atoms with Crippen molar-refractivity contribution >= 4 is 17.6 Å². The third-order valence-electron chi connectivity index (χ3n) is 6.38. The molecule has 0 unspecified atom stereocenters. The molecular weight excluding hydrogens is 508 g/mol. The second-order valence-corrected chi connectivity index (χ2v) is 9.24. The molecule has 2 aliphatic heterocycles. The van der Waals surface area contributed by atoms with Crippen LogP contribution in [0.5, 0.6) is 0 Å². The van der Waals surface area contributed by atoms with E-state index in [1.54, 1.807) is 14.0 Å². The van der Waals surface area contributed by atoms with Crippen molar-refractivity contribution in [3.05, 3.63) is 46.5 Å². The Labute approximate surface area is 208 Å². The highest BCUT2D eigenvalue weighted by molar-refractivity contribution is 5.95. The second kappa shape index (κ2) is 10.2. The molecule has 37 heavy (non-hydrogen) atoms. The Morgan fingerprint density at radius 2 is 2.00 bits per heavy atom. The first kappa shape index (κ1) is 26.8. The van der Waals surface area contributed by atoms with Gasteiger partial charge in [-0.15, -0.1) is 0 Å². The summed E-state index contributed by atoms with van der Waals surface area (Å²) in [5.74, 6) is -2.09. The first-order chi connectivity index (χ1) is 17.3. The molecule has 0 fully saturated rings. The van der Waals surface area contributed by atoms with Gasteiger partial charge in [0.15, 0.2) is 0 Å². The van der Waals surface area contributed by atoms with Crippen molar-refractivity contribution in [2.24, 2.45) is 5.92 Å². The van der Waals surface area contributed by atoms with Gasteiger partial charge in [-0.05, 0) is 25.1 Å². The maximum atomic E-state index is 13.6. The lowest BCUT2D eigenvalue weighted by molar-refractivity contribution is -0.139. The standard InChI is InChI=1S/C23H25F6N5O3/c1-12-5-18-15(9-33(12)22(36)30-14-3-4-17(24)16(6-14)23(27,28)29)20-21(35)32(2)7-13(8-34(20)31-18)10-37-11-19(25)26/h3-4,6,12-13,19H,5,7-11H2,1-2H3,(H,30,36)/t12-,13+/m1/s1. The van der Waals surface area contributed by atoms with Crippen molar-refractivity contribution < 1.29 is 40.7 Å². The van der Waals surface area contributed by atoms with Crippen LogP contribution in [0, 0.1) is 11.7 Å². The van der Waals surface area contributed by atoms with Gasteiger partial charge in [-0.25, -0.2) is 18.0 Å². The first-order valence-electron chi connectivity index (χ1n) is 11.5. The Morgan fingerprint density at radius 1 is 1.27 bits per heavy atom. The van der Waals surface area contributed by atoms with Gasteiger partial charge in [-0.1, -0.05) is 0 Å². The summed E-state index contributed by atoms with van der Waals surface area (Å²) in [5.41, 5.74) is -0.354. The van der Waals surface area contributed by atoms with E-state index in [0.717, 1.165) is 6.07 Å². The van der Waals surface area contributed by atoms with Crippen molar-refractivity contribution in [1.82, 2.24) is 19.6 Å². The first-order valence-corrected chi connectivity index (χ1v) is 11.5. The lowest BCUT2D eigenvalue weighted by Crippen LogP contribution is -2.45. The van der Waals surface area contributed by atoms with Crippen molar-refractivity contribution in [3.63, 3.8) is 0 Å². The highest BCUT2D eigenvalue weighted by atomic mass is 19.4. The summed E-state index contributed by atoms with van der Waals surface area (Å²) in [6.07, 6.45) is -7.25. The van der Waals surface area contributed by atoms with Crippen molar-refractivity contribution in [2.75, 3.05) is 32.1 Å². The number of carbonyl (C=O) groups excluding carboxylic acids is 2. The van der Waals surface area contributed by atoms with Crippen LogP contribution in [-0.4, -0.2) is 70.8 Å². The van der Waals surface area contributed by atoms with Crippen molar-refractivity contribution in [3.8, 4) is 0 Å². The molecule has 0 bridgehead atoms. The van der Waals surface area contributed by atoms with Crippen molar-refractivity contribution in [1.29, 1.82) is 0 Å². The summed E-state index contributed by atoms with van der Waals surface area (Å²) in [4.78, 5) is 29.0. The SMILES string of the molecule is C[C@@H]1Cc2nn3c(c2CN1C(=O)Nc1ccc(F)c(C(F)(F)F)c1)C(=O)N(C)C[C@H](COCC(F)F)C3. The van der Waals surface area contributed by atoms with Gasteiger partial charge in [-0.3, -0.25) is 9.48 Å². The fraction of sp³-hybridized carbons (Fsp3) is 0.522. The van der Waals surface area contributed by atoms with Crippen molar-refractivity contribution in [2.45, 2.75) is 45.1 Å². The lowest BCUT2D eigenvalue weighted by atomic mass is 9.99. The summed E-state index contributed by atoms with van der Waals surface area (Å²) in [6, 6.07) is 1.05. The Kier molecular flexibility index (Phi) is 7.40. The van der Waals surface area contributed by atoms with Gasteiger partial charge in [0.25, 0.3) is 12.3 Å². The molecule has 0 saturated carbocycles. The Bertz CT molecular complexity index is 1180. The smallest absolute Gasteiger partial charge is 0.375 e. The summed E-state index contributed by atoms with van der Waals surface area (Å²) in [6.45, 7) is 1.50. The predicted molar refractivity (Wildman–Crippen MR) is 119 cm³/mol. The van der Waals surface area contributed by atoms with E-state index in [1.807, 2.05) is 0 Å². The number of amides is 3. The van der Waals surface area contributed by atoms with Gasteiger partial charge in [0.05, 0.1) is 24.4 Å². The van der Waals surface area contributed by atoms with Crippen LogP contribution >= 0.6 is 0 Å². The van der Waals surface area contributed by atoms with Gasteiger partial charge < -0.3 is 19.9 Å². The highest BCUT2D eigenvalue weighted by Crippen LogP contribution is 2.34. The van der Waals surface area contributed by atoms with E-state index in [-0.39, 0.29) is 55.9 Å². The van der Waals surface area contributed by atoms with E-state index in [4.69, 9.17) is 4.74 Å². The average molecular weight is 533 g/mol. The van der Waals surface area contributed by atoms with E-state index >= 15 is 0 Å². The molecule has 0 radical (unpaired) electrons. The van der Waals surface area contributed by atoms with Crippen LogP contribution in [-0.2, 0) is 30.4 Å². The van der Waals surface area contributed by atoms with Gasteiger partial charge >= 0.3 is 12.2 Å². The summed E-state index contributed by atoms with van der Waals surface area (Å²) < 4.78 is 84.3. The van der Waals surface area contributed by atoms with Gasteiger partial charge in [0, 0.05) is 49.8 Å². The third-order valence-corrected chi connectivity index (χ3v) is 6.38. The monoisotopic (exact) mass is 533 g/mol. The predicted octanol–water partition coefficient (Wildman–Crippen LogP) is 4.00. The molecule has 8 nitrogen and oxygen atoms in total. The number of alkyl halides is 5. The quantitative estimate of drug-likeness (QED) is 0.590. The van der Waals surface area contributed by atoms with Crippen LogP contribution < -0.4 is 5.32 Å². The number of benzene rings is 1. The average Bonchev–Trinajstić information content (AvgIpc) is 3.08. The molecule has 1 aromatic heterocycles. The molecule has 2 atom stereocenters. The zero-order chi connectivity index (χ0) is 27.1. The summed E-state index contributed by atoms with van der Waals surface area (Å²) in [7, 11) is 1.57. The topological polar surface area (TPSA) is 79.7 Å². The van der Waals surface area contributed by atoms with Gasteiger partial charge in [0.2, 0.25) is 0 Å². The number of nitrogens with zero attached hydrogens (tertiary/aromatic N) is 4. The number of aromatic nitrogens is 2. The molecule has 3 amide bonds. The third kappa shape index (κ3) is 5.68. The molecule has 4 rings (SSSR count). The number of urea groups is 1. The number of nitrogens with one attached hydrogen (secondary N) is 1. The van der Waals surface area contributed by atoms with Crippen LogP contribution in [0.1, 0.15) is 34.2 Å². The number of hydrogen-bond donors (Lipinski definition) is 1. The van der Waals surface area contributed by atoms with E-state index < -0.39 is 42.7 Å². The fourth-order valence-electron chi connectivity index (χ4n) is 4.64. The molecule has 1 N–H and O–H groups in total. The normalized spacial score (nSPS) is 20.1. The zero-order valence-corrected chi connectivity index (χ0v) is 20.0. The Hall–Kier alpha value is -3.29. The van der Waals surface area contributed by atoms with Gasteiger partial charge in [-0.2, -0.15) is 18.3 Å². The fourth-order valence-corrected chi connectivity index (χ4v) is 4.64. The molecule has 2 aromatic rings. The highest BCUT2D eigenvalue weighted by Gasteiger charge is 2.38. The Morgan fingerprint density at radius 3 is 2.68 bits per heavy atom. The van der Waals surface area contributed by atoms with Crippen LogP contribution in [0.4, 0.5) is 36.8 Å². The van der Waals surface area contributed by atoms with E-state index in [2.05, 4.69) is 10.4 Å². The minimum absolute atomic E-state index is 0.00838. The van der Waals surface area contributed by atoms with Crippen LogP contribution in [0.15, 0.2) is 18.2 Å². The molecule has 14 heteroatoms. The molecule has 0 spiro atoms. The maximum Gasteiger partial charge on any atom is 0.419 e. The van der Waals surface area contributed by atoms with E-state index in [1.165, 1.54) is 14.5 Å². The minimum Gasteiger partial charge on any atom is -0.375 e. The second-order valence-electron chi connectivity index (χ2n) is 9.24. The lowest BCUT2D eigenvalue weighted by Gasteiger charge is -2.33. The molecular formula is C23H25F6N5O3. The van der Waals surface area contributed by atoms with E-state index in [0.29, 0.717) is 23.4 Å². The number of carbonyl (C=O) groups is 2. The maximum absolute atomic E-state index is 13.6. The number of hydrogen-bond acceptors (Lipinski definition) is 4. The molecule has 0 saturated heterocycles.